The Hall–Kier alpha value is -9.09. The molecule has 17 heteroatoms. The number of imide groups is 2. The second kappa shape index (κ2) is 36.4. The number of thiophene rings is 2. The van der Waals surface area contributed by atoms with Crippen LogP contribution < -0.4 is 4.74 Å². The van der Waals surface area contributed by atoms with Crippen LogP contribution in [0.4, 0.5) is 9.59 Å². The third kappa shape index (κ3) is 19.7. The van der Waals surface area contributed by atoms with Crippen molar-refractivity contribution in [2.75, 3.05) is 13.2 Å². The number of benzene rings is 6. The molecule has 0 bridgehead atoms. The van der Waals surface area contributed by atoms with Crippen molar-refractivity contribution < 1.29 is 47.5 Å². The van der Waals surface area contributed by atoms with Gasteiger partial charge in [0.05, 0.1) is 29.4 Å². The van der Waals surface area contributed by atoms with Crippen LogP contribution in [0.1, 0.15) is 141 Å². The Morgan fingerprint density at radius 3 is 1.37 bits per heavy atom. The molecule has 0 aliphatic carbocycles. The van der Waals surface area contributed by atoms with Gasteiger partial charge in [0.25, 0.3) is 0 Å². The van der Waals surface area contributed by atoms with Crippen LogP contribution in [-0.2, 0) is 57.2 Å². The maximum Gasteiger partial charge on any atom is 0.416 e. The smallest absolute Gasteiger partial charge is 0.416 e. The van der Waals surface area contributed by atoms with E-state index in [4.69, 9.17) is 34.9 Å². The van der Waals surface area contributed by atoms with Gasteiger partial charge < -0.3 is 28.4 Å². The Morgan fingerprint density at radius 2 is 0.968 bits per heavy atom. The number of unbranched alkanes of at least 4 members (excludes halogenated alkanes) is 2. The van der Waals surface area contributed by atoms with Gasteiger partial charge >= 0.3 is 12.2 Å². The Balaban J connectivity index is 0.000000218. The molecule has 492 valence electrons. The third-order valence-electron chi connectivity index (χ3n) is 16.0. The maximum absolute atomic E-state index is 13.6. The molecule has 94 heavy (non-hydrogen) atoms. The van der Waals surface area contributed by atoms with E-state index in [0.717, 1.165) is 39.3 Å². The first-order chi connectivity index (χ1) is 44.5. The lowest BCUT2D eigenvalue weighted by Crippen LogP contribution is -2.40. The molecule has 0 radical (unpaired) electrons. The molecule has 2 aliphatic rings. The van der Waals surface area contributed by atoms with Gasteiger partial charge in [-0.05, 0) is 132 Å². The monoisotopic (exact) mass is 1320 g/mol. The minimum atomic E-state index is -0.624. The lowest BCUT2D eigenvalue weighted by atomic mass is 9.91. The maximum atomic E-state index is 13.6. The molecular weight excluding hydrogens is 1240 g/mol. The lowest BCUT2D eigenvalue weighted by Gasteiger charge is -2.22. The van der Waals surface area contributed by atoms with Gasteiger partial charge in [-0.15, -0.1) is 34.3 Å². The number of aromatic hydroxyl groups is 1. The first kappa shape index (κ1) is 72.3. The van der Waals surface area contributed by atoms with Crippen LogP contribution in [0.3, 0.4) is 0 Å². The number of hydrogen-bond donors (Lipinski definition) is 1. The summed E-state index contributed by atoms with van der Waals surface area (Å²) >= 11 is 9.33. The molecule has 6 heterocycles. The van der Waals surface area contributed by atoms with Crippen molar-refractivity contribution in [2.45, 2.75) is 137 Å². The normalized spacial score (nSPS) is 14.5. The number of phenolic OH excluding ortho intramolecular Hbond substituents is 1. The second-order valence-corrected chi connectivity index (χ2v) is 25.1. The summed E-state index contributed by atoms with van der Waals surface area (Å²) in [5.41, 5.74) is 10.3. The number of carbonyl (C=O) groups is 4. The summed E-state index contributed by atoms with van der Waals surface area (Å²) in [4.78, 5) is 59.0. The highest BCUT2D eigenvalue weighted by Crippen LogP contribution is 2.35. The van der Waals surface area contributed by atoms with Gasteiger partial charge in [-0.25, -0.2) is 19.4 Å². The van der Waals surface area contributed by atoms with Crippen molar-refractivity contribution >= 4 is 58.3 Å². The second-order valence-electron chi connectivity index (χ2n) is 22.4. The summed E-state index contributed by atoms with van der Waals surface area (Å²) in [6.45, 7) is 5.26. The van der Waals surface area contributed by atoms with Gasteiger partial charge in [0.1, 0.15) is 43.8 Å². The Morgan fingerprint density at radius 1 is 0.543 bits per heavy atom. The quantitative estimate of drug-likeness (QED) is 0.0568. The topological polar surface area (TPSA) is 175 Å². The molecule has 2 saturated heterocycles. The van der Waals surface area contributed by atoms with Crippen LogP contribution in [0.5, 0.6) is 11.5 Å². The molecule has 0 unspecified atom stereocenters. The summed E-state index contributed by atoms with van der Waals surface area (Å²) < 4.78 is 26.6. The fourth-order valence-corrected chi connectivity index (χ4v) is 13.1. The molecule has 4 aromatic heterocycles. The third-order valence-corrected chi connectivity index (χ3v) is 18.7. The predicted octanol–water partition coefficient (Wildman–Crippen LogP) is 19.3. The van der Waals surface area contributed by atoms with Crippen LogP contribution >= 0.6 is 34.3 Å². The lowest BCUT2D eigenvalue weighted by molar-refractivity contribution is -0.130. The minimum Gasteiger partial charge on any atom is -0.508 e. The first-order valence-corrected chi connectivity index (χ1v) is 33.0. The zero-order valence-electron chi connectivity index (χ0n) is 50.9. The number of cyclic esters (lactones) is 2. The molecule has 12 rings (SSSR count). The van der Waals surface area contributed by atoms with E-state index in [1.54, 1.807) is 59.1 Å². The van der Waals surface area contributed by atoms with Crippen LogP contribution in [0, 0.1) is 0 Å². The zero-order valence-corrected chi connectivity index (χ0v) is 53.3. The number of aryl methyl sites for hydroxylation is 2. The highest BCUT2D eigenvalue weighted by Gasteiger charge is 2.41. The molecule has 14 nitrogen and oxygen atoms in total. The average Bonchev–Trinajstić information content (AvgIpc) is 1.65. The molecule has 10 aromatic rings. The number of nitrogens with zero attached hydrogens (tertiary/aromatic N) is 4. The molecule has 4 amide bonds. The number of aromatic nitrogens is 2. The number of amides is 4. The van der Waals surface area contributed by atoms with E-state index in [2.05, 4.69) is 97.0 Å². The molecule has 0 saturated carbocycles. The van der Waals surface area contributed by atoms with Gasteiger partial charge in [-0.2, -0.15) is 0 Å². The number of hydrogen-bond acceptors (Lipinski definition) is 14. The summed E-state index contributed by atoms with van der Waals surface area (Å²) in [6.07, 6.45) is 10.1. The fraction of sp³-hybridized carbons (Fsp3) is 0.299. The standard InChI is InChI=1S/C37H36N2O5S.C22H20N2O5.C15H17ClS.3CH4/c1-2-3-7-26-10-12-29(13-11-26)35-19-18-32(45-35)25-42-31-16-14-28(15-17-31)33(34-20-21-44-38-34)23-36(40)39-30(24-43-37(39)41)22-27-8-5-4-6-9-27;25-18-8-6-16(7-9-18)19(20-10-11-29-23-20)13-21(26)24-17(14-28-22(24)27)12-15-4-2-1-3-5-15;1-2-3-4-12-5-7-13(8-6-12)15-10-9-14(11-16)17-15;;;/h4-6,8-21,30,33H,2-3,7,22-25H2,1H3;1-11,17,19,25H,12-14H2;5-10H,2-4,11H2,1H3;3*1H4/t30-,33-;17-,19-;;;;/m00..../s1. The molecular formula is C77H85ClN4O10S2. The summed E-state index contributed by atoms with van der Waals surface area (Å²) in [6, 6.07) is 62.7. The van der Waals surface area contributed by atoms with Gasteiger partial charge in [0.2, 0.25) is 11.8 Å². The highest BCUT2D eigenvalue weighted by atomic mass is 35.5. The largest absolute Gasteiger partial charge is 0.508 e. The summed E-state index contributed by atoms with van der Waals surface area (Å²) in [5, 5.41) is 17.7. The number of carbonyl (C=O) groups excluding carboxylic acids is 4. The zero-order chi connectivity index (χ0) is 63.3. The number of rotatable bonds is 24. The van der Waals surface area contributed by atoms with E-state index in [1.807, 2.05) is 84.9 Å². The van der Waals surface area contributed by atoms with E-state index < -0.39 is 24.0 Å². The first-order valence-electron chi connectivity index (χ1n) is 30.8. The minimum absolute atomic E-state index is 0. The molecule has 4 atom stereocenters. The molecule has 6 aromatic carbocycles. The Labute approximate surface area is 566 Å². The van der Waals surface area contributed by atoms with E-state index in [0.29, 0.717) is 36.7 Å². The number of ether oxygens (including phenoxy) is 3. The van der Waals surface area contributed by atoms with Gasteiger partial charge in [-0.1, -0.05) is 193 Å². The number of halogens is 1. The van der Waals surface area contributed by atoms with Crippen LogP contribution in [0.25, 0.3) is 20.9 Å². The van der Waals surface area contributed by atoms with E-state index in [9.17, 15) is 24.3 Å². The Kier molecular flexibility index (Phi) is 28.0. The SMILES string of the molecule is C.C.C.CCCCc1ccc(-c2ccc(CCl)s2)cc1.CCCCc1ccc(-c2ccc(COc3ccc([C@H](CC(=O)N4C(=O)OC[C@@H]4Cc4ccccc4)c4ccon4)cc3)s2)cc1.O=C(C[C@@H](c1ccc(O)cc1)c1ccon1)N1C(=O)OC[C@@H]1Cc1ccccc1. The van der Waals surface area contributed by atoms with Crippen molar-refractivity contribution in [3.63, 3.8) is 0 Å². The molecule has 2 aliphatic heterocycles. The number of alkyl halides is 1. The van der Waals surface area contributed by atoms with Crippen LogP contribution in [0.2, 0.25) is 0 Å². The van der Waals surface area contributed by atoms with Gasteiger partial charge in [0, 0.05) is 56.3 Å². The predicted molar refractivity (Wildman–Crippen MR) is 376 cm³/mol. The van der Waals surface area contributed by atoms with E-state index >= 15 is 0 Å². The van der Waals surface area contributed by atoms with Crippen molar-refractivity contribution in [1.82, 2.24) is 20.1 Å². The van der Waals surface area contributed by atoms with Crippen LogP contribution in [0.15, 0.2) is 216 Å². The van der Waals surface area contributed by atoms with E-state index in [1.165, 1.54) is 91.3 Å². The van der Waals surface area contributed by atoms with Crippen molar-refractivity contribution in [3.05, 3.63) is 261 Å². The molecule has 2 fully saturated rings. The van der Waals surface area contributed by atoms with E-state index in [-0.39, 0.29) is 78.0 Å². The van der Waals surface area contributed by atoms with Crippen molar-refractivity contribution in [3.8, 4) is 32.4 Å². The molecule has 1 N–H and O–H groups in total. The van der Waals surface area contributed by atoms with Gasteiger partial charge in [-0.3, -0.25) is 9.59 Å². The Bertz CT molecular complexity index is 3860. The number of phenols is 1. The van der Waals surface area contributed by atoms with Gasteiger partial charge in [0.15, 0.2) is 0 Å². The van der Waals surface area contributed by atoms with Crippen molar-refractivity contribution in [1.29, 1.82) is 0 Å². The highest BCUT2D eigenvalue weighted by molar-refractivity contribution is 7.15. The fourth-order valence-electron chi connectivity index (χ4n) is 11.0. The van der Waals surface area contributed by atoms with Crippen molar-refractivity contribution in [2.24, 2.45) is 0 Å². The van der Waals surface area contributed by atoms with Crippen LogP contribution in [-0.4, -0.2) is 74.5 Å². The summed E-state index contributed by atoms with van der Waals surface area (Å²) in [7, 11) is 0. The molecule has 0 spiro atoms. The summed E-state index contributed by atoms with van der Waals surface area (Å²) in [5.74, 6) is 0.0109. The average molecular weight is 1330 g/mol.